The maximum atomic E-state index is 12.5. The van der Waals surface area contributed by atoms with E-state index in [4.69, 9.17) is 4.74 Å². The van der Waals surface area contributed by atoms with Gasteiger partial charge in [-0.05, 0) is 63.4 Å². The van der Waals surface area contributed by atoms with Crippen LogP contribution in [0.2, 0.25) is 0 Å². The molecule has 170 valence electrons. The number of hydrogen-bond donors (Lipinski definition) is 1. The van der Waals surface area contributed by atoms with Gasteiger partial charge in [-0.3, -0.25) is 0 Å². The van der Waals surface area contributed by atoms with Crippen LogP contribution >= 0.6 is 0 Å². The molecule has 0 aliphatic carbocycles. The zero-order valence-corrected chi connectivity index (χ0v) is 18.2. The zero-order chi connectivity index (χ0) is 23.5. The van der Waals surface area contributed by atoms with Crippen LogP contribution in [-0.2, 0) is 30.8 Å². The molecule has 1 aromatic rings. The summed E-state index contributed by atoms with van der Waals surface area (Å²) in [5.74, 6) is -1.29. The van der Waals surface area contributed by atoms with E-state index in [0.29, 0.717) is 16.7 Å². The smallest absolute Gasteiger partial charge is 0.467 e. The van der Waals surface area contributed by atoms with Gasteiger partial charge in [0.15, 0.2) is 0 Å². The van der Waals surface area contributed by atoms with E-state index in [1.165, 1.54) is 13.8 Å². The molecule has 0 fully saturated rings. The van der Waals surface area contributed by atoms with Gasteiger partial charge in [-0.1, -0.05) is 0 Å². The van der Waals surface area contributed by atoms with Gasteiger partial charge in [0.25, 0.3) is 0 Å². The van der Waals surface area contributed by atoms with E-state index in [2.05, 4.69) is 14.2 Å². The Labute approximate surface area is 172 Å². The van der Waals surface area contributed by atoms with Crippen LogP contribution in [0.25, 0.3) is 0 Å². The normalized spacial score (nSPS) is 13.4. The summed E-state index contributed by atoms with van der Waals surface area (Å²) in [5.41, 5.74) is -5.19. The number of rotatable bonds is 6. The highest BCUT2D eigenvalue weighted by molar-refractivity contribution is 7.88. The van der Waals surface area contributed by atoms with Gasteiger partial charge in [-0.2, -0.15) is 21.6 Å². The number of alkyl halides is 3. The molecule has 1 aromatic carbocycles. The molecule has 30 heavy (non-hydrogen) atoms. The fourth-order valence-corrected chi connectivity index (χ4v) is 2.93. The molecular formula is C18H24F3NO7S. The molecule has 1 atom stereocenters. The van der Waals surface area contributed by atoms with Crippen molar-refractivity contribution in [3.8, 4) is 5.75 Å². The fourth-order valence-electron chi connectivity index (χ4n) is 2.49. The second kappa shape index (κ2) is 9.11. The first-order valence-corrected chi connectivity index (χ1v) is 10.1. The molecule has 12 heteroatoms. The average Bonchev–Trinajstić information content (AvgIpc) is 2.53. The number of alkyl carbamates (subject to hydrolysis) is 1. The number of aryl methyl sites for hydroxylation is 2. The number of amides is 1. The Hall–Kier alpha value is -2.50. The zero-order valence-electron chi connectivity index (χ0n) is 17.3. The number of esters is 1. The van der Waals surface area contributed by atoms with Gasteiger partial charge in [0.05, 0.1) is 7.11 Å². The van der Waals surface area contributed by atoms with E-state index < -0.39 is 45.1 Å². The standard InChI is InChI=1S/C18H24F3NO7S/c1-10-7-12(29-30(25,26)18(19,20)21)8-11(2)13(10)9-14(15(23)27-6)22-16(24)28-17(3,4)5/h7-8,14H,9H2,1-6H3,(H,22,24). The summed E-state index contributed by atoms with van der Waals surface area (Å²) < 4.78 is 73.9. The molecule has 0 aliphatic rings. The predicted octanol–water partition coefficient (Wildman–Crippen LogP) is 3.14. The molecule has 0 saturated carbocycles. The summed E-state index contributed by atoms with van der Waals surface area (Å²) in [6.45, 7) is 7.92. The van der Waals surface area contributed by atoms with Crippen LogP contribution in [0.15, 0.2) is 12.1 Å². The first-order valence-electron chi connectivity index (χ1n) is 8.65. The lowest BCUT2D eigenvalue weighted by molar-refractivity contribution is -0.143. The average molecular weight is 455 g/mol. The summed E-state index contributed by atoms with van der Waals surface area (Å²) in [6.07, 6.45) is -0.931. The van der Waals surface area contributed by atoms with E-state index in [-0.39, 0.29) is 6.42 Å². The van der Waals surface area contributed by atoms with E-state index in [1.54, 1.807) is 20.8 Å². The van der Waals surface area contributed by atoms with Crippen LogP contribution in [0.5, 0.6) is 5.75 Å². The van der Waals surface area contributed by atoms with Crippen molar-refractivity contribution in [3.05, 3.63) is 28.8 Å². The van der Waals surface area contributed by atoms with Crippen molar-refractivity contribution in [1.29, 1.82) is 0 Å². The molecule has 0 bridgehead atoms. The van der Waals surface area contributed by atoms with Crippen molar-refractivity contribution >= 4 is 22.2 Å². The molecular weight excluding hydrogens is 431 g/mol. The lowest BCUT2D eigenvalue weighted by atomic mass is 9.96. The summed E-state index contributed by atoms with van der Waals surface area (Å²) >= 11 is 0. The molecule has 1 unspecified atom stereocenters. The van der Waals surface area contributed by atoms with Gasteiger partial charge in [0, 0.05) is 6.42 Å². The van der Waals surface area contributed by atoms with E-state index in [9.17, 15) is 31.2 Å². The van der Waals surface area contributed by atoms with Crippen molar-refractivity contribution in [2.24, 2.45) is 0 Å². The van der Waals surface area contributed by atoms with Crippen LogP contribution in [0, 0.1) is 13.8 Å². The second-order valence-corrected chi connectivity index (χ2v) is 8.98. The minimum atomic E-state index is -5.82. The van der Waals surface area contributed by atoms with Gasteiger partial charge >= 0.3 is 27.7 Å². The first kappa shape index (κ1) is 25.5. The molecule has 1 amide bonds. The summed E-state index contributed by atoms with van der Waals surface area (Å²) in [7, 11) is -4.69. The van der Waals surface area contributed by atoms with Crippen LogP contribution in [0.3, 0.4) is 0 Å². The number of halogens is 3. The third-order valence-corrected chi connectivity index (χ3v) is 4.72. The van der Waals surface area contributed by atoms with E-state index in [1.807, 2.05) is 0 Å². The van der Waals surface area contributed by atoms with Crippen molar-refractivity contribution in [2.75, 3.05) is 7.11 Å². The number of carbonyl (C=O) groups excluding carboxylic acids is 2. The van der Waals surface area contributed by atoms with Gasteiger partial charge in [-0.15, -0.1) is 0 Å². The van der Waals surface area contributed by atoms with Gasteiger partial charge in [0.2, 0.25) is 0 Å². The number of methoxy groups -OCH3 is 1. The Kier molecular flexibility index (Phi) is 7.75. The number of nitrogens with one attached hydrogen (secondary N) is 1. The lowest BCUT2D eigenvalue weighted by Gasteiger charge is -2.23. The lowest BCUT2D eigenvalue weighted by Crippen LogP contribution is -2.45. The highest BCUT2D eigenvalue weighted by Gasteiger charge is 2.48. The monoisotopic (exact) mass is 455 g/mol. The van der Waals surface area contributed by atoms with Crippen LogP contribution in [0.1, 0.15) is 37.5 Å². The highest BCUT2D eigenvalue weighted by Crippen LogP contribution is 2.30. The quantitative estimate of drug-likeness (QED) is 0.399. The maximum Gasteiger partial charge on any atom is 0.534 e. The number of benzene rings is 1. The van der Waals surface area contributed by atoms with Crippen molar-refractivity contribution < 1.29 is 44.8 Å². The number of ether oxygens (including phenoxy) is 2. The second-order valence-electron chi connectivity index (χ2n) is 7.44. The first-order chi connectivity index (χ1) is 13.5. The molecule has 1 N–H and O–H groups in total. The van der Waals surface area contributed by atoms with Crippen molar-refractivity contribution in [2.45, 2.75) is 58.2 Å². The summed E-state index contributed by atoms with van der Waals surface area (Å²) in [4.78, 5) is 24.1. The molecule has 1 rings (SSSR count). The molecule has 0 saturated heterocycles. The van der Waals surface area contributed by atoms with Crippen LogP contribution < -0.4 is 9.50 Å². The predicted molar refractivity (Wildman–Crippen MR) is 100 cm³/mol. The minimum Gasteiger partial charge on any atom is -0.467 e. The van der Waals surface area contributed by atoms with Crippen LogP contribution in [-0.4, -0.2) is 44.7 Å². The number of carbonyl (C=O) groups is 2. The summed E-state index contributed by atoms with van der Waals surface area (Å²) in [5, 5.41) is 2.39. The van der Waals surface area contributed by atoms with E-state index in [0.717, 1.165) is 19.2 Å². The SMILES string of the molecule is COC(=O)C(Cc1c(C)cc(OS(=O)(=O)C(F)(F)F)cc1C)NC(=O)OC(C)(C)C. The van der Waals surface area contributed by atoms with Gasteiger partial charge < -0.3 is 19.0 Å². The van der Waals surface area contributed by atoms with Crippen molar-refractivity contribution in [1.82, 2.24) is 5.32 Å². The topological polar surface area (TPSA) is 108 Å². The highest BCUT2D eigenvalue weighted by atomic mass is 32.2. The molecule has 0 spiro atoms. The van der Waals surface area contributed by atoms with Crippen molar-refractivity contribution in [3.63, 3.8) is 0 Å². The molecule has 8 nitrogen and oxygen atoms in total. The number of hydrogen-bond acceptors (Lipinski definition) is 7. The Balaban J connectivity index is 3.14. The van der Waals surface area contributed by atoms with Crippen LogP contribution in [0.4, 0.5) is 18.0 Å². The van der Waals surface area contributed by atoms with E-state index >= 15 is 0 Å². The Morgan fingerprint density at radius 1 is 1.10 bits per heavy atom. The molecule has 0 heterocycles. The Bertz CT molecular complexity index is 882. The van der Waals surface area contributed by atoms with Gasteiger partial charge in [-0.25, -0.2) is 9.59 Å². The largest absolute Gasteiger partial charge is 0.534 e. The minimum absolute atomic E-state index is 0.0735. The van der Waals surface area contributed by atoms with Gasteiger partial charge in [0.1, 0.15) is 17.4 Å². The molecule has 0 aliphatic heterocycles. The maximum absolute atomic E-state index is 12.5. The third-order valence-electron chi connectivity index (χ3n) is 3.74. The third kappa shape index (κ3) is 7.08. The fraction of sp³-hybridized carbons (Fsp3) is 0.556. The molecule has 0 aromatic heterocycles. The summed E-state index contributed by atoms with van der Waals surface area (Å²) in [6, 6.07) is 1.04. The Morgan fingerprint density at radius 2 is 1.60 bits per heavy atom. The Morgan fingerprint density at radius 3 is 2.00 bits per heavy atom. The molecule has 0 radical (unpaired) electrons.